The molecule has 1 aromatic rings. The standard InChI is InChI=1S/C11H19N3OS/c1-10-9-14(5-7-15-10)6-8-16-11-12-3-4-13(11)2/h3-4,10H,5-9H2,1-2H3/t10-/m1/s1. The minimum atomic E-state index is 0.381. The van der Waals surface area contributed by atoms with Crippen molar-refractivity contribution in [1.29, 1.82) is 0 Å². The summed E-state index contributed by atoms with van der Waals surface area (Å²) in [5, 5.41) is 1.10. The maximum atomic E-state index is 5.51. The van der Waals surface area contributed by atoms with Crippen molar-refractivity contribution in [2.45, 2.75) is 18.2 Å². The fourth-order valence-electron chi connectivity index (χ4n) is 1.85. The first-order valence-corrected chi connectivity index (χ1v) is 6.68. The predicted molar refractivity (Wildman–Crippen MR) is 65.8 cm³/mol. The zero-order chi connectivity index (χ0) is 11.4. The third kappa shape index (κ3) is 3.23. The van der Waals surface area contributed by atoms with Gasteiger partial charge in [0, 0.05) is 44.8 Å². The molecule has 1 saturated heterocycles. The molecule has 0 unspecified atom stereocenters. The summed E-state index contributed by atoms with van der Waals surface area (Å²) in [5.74, 6) is 1.09. The molecule has 0 saturated carbocycles. The molecule has 2 rings (SSSR count). The highest BCUT2D eigenvalue weighted by Crippen LogP contribution is 2.15. The Balaban J connectivity index is 1.70. The monoisotopic (exact) mass is 241 g/mol. The molecule has 0 aromatic carbocycles. The molecular weight excluding hydrogens is 222 g/mol. The van der Waals surface area contributed by atoms with Crippen LogP contribution in [0.1, 0.15) is 6.92 Å². The lowest BCUT2D eigenvalue weighted by atomic mass is 10.3. The van der Waals surface area contributed by atoms with E-state index in [1.54, 1.807) is 0 Å². The molecule has 2 heterocycles. The van der Waals surface area contributed by atoms with E-state index < -0.39 is 0 Å². The summed E-state index contributed by atoms with van der Waals surface area (Å²) in [4.78, 5) is 6.76. The van der Waals surface area contributed by atoms with Gasteiger partial charge in [-0.2, -0.15) is 0 Å². The molecule has 0 bridgehead atoms. The topological polar surface area (TPSA) is 30.3 Å². The molecule has 90 valence electrons. The third-order valence-electron chi connectivity index (χ3n) is 2.74. The van der Waals surface area contributed by atoms with Crippen LogP contribution in [0.3, 0.4) is 0 Å². The summed E-state index contributed by atoms with van der Waals surface area (Å²) in [5.41, 5.74) is 0. The van der Waals surface area contributed by atoms with Crippen LogP contribution in [0.4, 0.5) is 0 Å². The molecule has 16 heavy (non-hydrogen) atoms. The van der Waals surface area contributed by atoms with Gasteiger partial charge in [0.2, 0.25) is 0 Å². The van der Waals surface area contributed by atoms with Gasteiger partial charge in [-0.05, 0) is 6.92 Å². The average Bonchev–Trinajstić information content (AvgIpc) is 2.65. The highest BCUT2D eigenvalue weighted by molar-refractivity contribution is 7.99. The van der Waals surface area contributed by atoms with Crippen molar-refractivity contribution in [2.24, 2.45) is 7.05 Å². The van der Waals surface area contributed by atoms with Crippen molar-refractivity contribution in [3.63, 3.8) is 0 Å². The van der Waals surface area contributed by atoms with Crippen molar-refractivity contribution >= 4 is 11.8 Å². The summed E-state index contributed by atoms with van der Waals surface area (Å²) in [7, 11) is 2.03. The first-order valence-electron chi connectivity index (χ1n) is 5.70. The van der Waals surface area contributed by atoms with Crippen LogP contribution in [-0.4, -0.2) is 52.5 Å². The molecule has 1 aliphatic heterocycles. The van der Waals surface area contributed by atoms with Crippen molar-refractivity contribution in [3.8, 4) is 0 Å². The van der Waals surface area contributed by atoms with Crippen LogP contribution in [0.25, 0.3) is 0 Å². The van der Waals surface area contributed by atoms with E-state index in [1.165, 1.54) is 0 Å². The molecule has 1 aromatic heterocycles. The minimum absolute atomic E-state index is 0.381. The first kappa shape index (κ1) is 12.0. The summed E-state index contributed by atoms with van der Waals surface area (Å²) in [6, 6.07) is 0. The maximum Gasteiger partial charge on any atom is 0.167 e. The van der Waals surface area contributed by atoms with Gasteiger partial charge in [-0.25, -0.2) is 4.98 Å². The van der Waals surface area contributed by atoms with Crippen LogP contribution in [-0.2, 0) is 11.8 Å². The van der Waals surface area contributed by atoms with E-state index >= 15 is 0 Å². The molecule has 1 fully saturated rings. The van der Waals surface area contributed by atoms with Crippen molar-refractivity contribution in [1.82, 2.24) is 14.5 Å². The van der Waals surface area contributed by atoms with E-state index in [2.05, 4.69) is 21.4 Å². The second-order valence-corrected chi connectivity index (χ2v) is 5.21. The Bertz CT molecular complexity index is 329. The molecule has 0 amide bonds. The number of imidazole rings is 1. The second-order valence-electron chi connectivity index (χ2n) is 4.15. The third-order valence-corrected chi connectivity index (χ3v) is 3.78. The normalized spacial score (nSPS) is 22.5. The van der Waals surface area contributed by atoms with E-state index in [4.69, 9.17) is 4.74 Å². The van der Waals surface area contributed by atoms with Gasteiger partial charge in [-0.15, -0.1) is 0 Å². The number of hydrogen-bond donors (Lipinski definition) is 0. The summed E-state index contributed by atoms with van der Waals surface area (Å²) in [6.45, 7) is 6.24. The van der Waals surface area contributed by atoms with Gasteiger partial charge < -0.3 is 9.30 Å². The van der Waals surface area contributed by atoms with Gasteiger partial charge in [0.05, 0.1) is 12.7 Å². The minimum Gasteiger partial charge on any atom is -0.376 e. The number of morpholine rings is 1. The van der Waals surface area contributed by atoms with Crippen LogP contribution >= 0.6 is 11.8 Å². The number of rotatable bonds is 4. The Morgan fingerprint density at radius 3 is 3.19 bits per heavy atom. The van der Waals surface area contributed by atoms with E-state index in [1.807, 2.05) is 31.2 Å². The Kier molecular flexibility index (Phi) is 4.26. The van der Waals surface area contributed by atoms with Gasteiger partial charge in [0.15, 0.2) is 5.16 Å². The second kappa shape index (κ2) is 5.70. The first-order chi connectivity index (χ1) is 7.75. The fraction of sp³-hybridized carbons (Fsp3) is 0.727. The van der Waals surface area contributed by atoms with Gasteiger partial charge in [-0.1, -0.05) is 11.8 Å². The van der Waals surface area contributed by atoms with Crippen LogP contribution < -0.4 is 0 Å². The molecule has 0 spiro atoms. The SMILES string of the molecule is C[C@@H]1CN(CCSc2nccn2C)CCO1. The lowest BCUT2D eigenvalue weighted by molar-refractivity contribution is -0.0158. The largest absolute Gasteiger partial charge is 0.376 e. The Labute approximate surface area is 101 Å². The Morgan fingerprint density at radius 2 is 2.50 bits per heavy atom. The smallest absolute Gasteiger partial charge is 0.167 e. The Hall–Kier alpha value is -0.520. The molecular formula is C11H19N3OS. The number of aryl methyl sites for hydroxylation is 1. The van der Waals surface area contributed by atoms with E-state index in [0.29, 0.717) is 6.10 Å². The van der Waals surface area contributed by atoms with E-state index in [0.717, 1.165) is 37.2 Å². The lowest BCUT2D eigenvalue weighted by Gasteiger charge is -2.30. The van der Waals surface area contributed by atoms with Gasteiger partial charge in [-0.3, -0.25) is 4.90 Å². The van der Waals surface area contributed by atoms with Crippen molar-refractivity contribution in [2.75, 3.05) is 32.0 Å². The highest BCUT2D eigenvalue weighted by atomic mass is 32.2. The van der Waals surface area contributed by atoms with E-state index in [-0.39, 0.29) is 0 Å². The van der Waals surface area contributed by atoms with Crippen molar-refractivity contribution < 1.29 is 4.74 Å². The average molecular weight is 241 g/mol. The van der Waals surface area contributed by atoms with Gasteiger partial charge >= 0.3 is 0 Å². The number of thioether (sulfide) groups is 1. The van der Waals surface area contributed by atoms with E-state index in [9.17, 15) is 0 Å². The molecule has 1 atom stereocenters. The van der Waals surface area contributed by atoms with Crippen LogP contribution in [0.2, 0.25) is 0 Å². The highest BCUT2D eigenvalue weighted by Gasteiger charge is 2.16. The zero-order valence-electron chi connectivity index (χ0n) is 9.93. The summed E-state index contributed by atoms with van der Waals surface area (Å²) in [6.07, 6.45) is 4.21. The van der Waals surface area contributed by atoms with Crippen LogP contribution in [0.5, 0.6) is 0 Å². The summed E-state index contributed by atoms with van der Waals surface area (Å²) >= 11 is 1.82. The lowest BCUT2D eigenvalue weighted by Crippen LogP contribution is -2.42. The van der Waals surface area contributed by atoms with Gasteiger partial charge in [0.1, 0.15) is 0 Å². The maximum absolute atomic E-state index is 5.51. The molecule has 5 heteroatoms. The van der Waals surface area contributed by atoms with Crippen LogP contribution in [0, 0.1) is 0 Å². The van der Waals surface area contributed by atoms with Crippen LogP contribution in [0.15, 0.2) is 17.6 Å². The molecule has 4 nitrogen and oxygen atoms in total. The Morgan fingerprint density at radius 1 is 1.62 bits per heavy atom. The number of aromatic nitrogens is 2. The quantitative estimate of drug-likeness (QED) is 0.742. The summed E-state index contributed by atoms with van der Waals surface area (Å²) < 4.78 is 7.58. The number of hydrogen-bond acceptors (Lipinski definition) is 4. The molecule has 0 radical (unpaired) electrons. The van der Waals surface area contributed by atoms with Crippen molar-refractivity contribution in [3.05, 3.63) is 12.4 Å². The molecule has 0 N–H and O–H groups in total. The molecule has 0 aliphatic carbocycles. The molecule has 1 aliphatic rings. The zero-order valence-corrected chi connectivity index (χ0v) is 10.7. The number of nitrogens with zero attached hydrogens (tertiary/aromatic N) is 3. The predicted octanol–water partition coefficient (Wildman–Crippen LogP) is 1.23. The number of ether oxygens (including phenoxy) is 1. The van der Waals surface area contributed by atoms with Gasteiger partial charge in [0.25, 0.3) is 0 Å². The fourth-order valence-corrected chi connectivity index (χ4v) is 2.78.